The van der Waals surface area contributed by atoms with Crippen LogP contribution in [0.5, 0.6) is 0 Å². The molecule has 0 N–H and O–H groups in total. The average molecular weight is 584 g/mol. The van der Waals surface area contributed by atoms with Crippen LogP contribution in [0.25, 0.3) is 0 Å². The monoisotopic (exact) mass is 583 g/mol. The van der Waals surface area contributed by atoms with E-state index in [1.54, 1.807) is 37.4 Å². The van der Waals surface area contributed by atoms with Gasteiger partial charge in [-0.15, -0.1) is 0 Å². The molecule has 4 rings (SSSR count). The lowest BCUT2D eigenvalue weighted by atomic mass is 10.1. The zero-order valence-corrected chi connectivity index (χ0v) is 26.5. The van der Waals surface area contributed by atoms with E-state index in [0.29, 0.717) is 30.0 Å². The second kappa shape index (κ2) is 12.7. The molecule has 2 aliphatic heterocycles. The number of rotatable bonds is 12. The Hall–Kier alpha value is -2.66. The molecule has 1 saturated heterocycles. The number of carbonyl (C=O) groups is 2. The Labute approximate surface area is 244 Å². The Bertz CT molecular complexity index is 1270. The summed E-state index contributed by atoms with van der Waals surface area (Å²) in [6.07, 6.45) is 4.27. The Kier molecular flexibility index (Phi) is 9.68. The molecule has 0 radical (unpaired) electrons. The summed E-state index contributed by atoms with van der Waals surface area (Å²) in [6.45, 7) is 15.8. The standard InChI is InChI=1S/C31H45N3O6Si/c1-8-24-25(38-20-14-10-9-13-18-33-27(35)22-15-11-12-16-23(22)28(33)36)26(40-41(6,7)31(3,4)5)29(39-24)34-19-17-21(2)32-30(34)37/h11-12,15-17,19,24-26,29H,8-10,13-14,18,20H2,1-7H3/t24-,25?,26+,29-/m1/s1. The Balaban J connectivity index is 1.35. The molecular weight excluding hydrogens is 538 g/mol. The van der Waals surface area contributed by atoms with Crippen molar-refractivity contribution in [2.24, 2.45) is 0 Å². The first-order chi connectivity index (χ1) is 19.4. The summed E-state index contributed by atoms with van der Waals surface area (Å²) >= 11 is 0. The van der Waals surface area contributed by atoms with Crippen LogP contribution in [0.2, 0.25) is 18.1 Å². The molecule has 2 aliphatic rings. The van der Waals surface area contributed by atoms with Crippen molar-refractivity contribution in [1.29, 1.82) is 0 Å². The topological polar surface area (TPSA) is 100.0 Å². The van der Waals surface area contributed by atoms with Crippen molar-refractivity contribution in [3.8, 4) is 0 Å². The fourth-order valence-corrected chi connectivity index (χ4v) is 6.47. The number of hydrogen-bond acceptors (Lipinski definition) is 7. The predicted octanol–water partition coefficient (Wildman–Crippen LogP) is 5.49. The van der Waals surface area contributed by atoms with Gasteiger partial charge in [-0.25, -0.2) is 4.79 Å². The molecule has 1 aromatic heterocycles. The molecular formula is C31H45N3O6Si. The van der Waals surface area contributed by atoms with Crippen LogP contribution >= 0.6 is 0 Å². The number of carbonyl (C=O) groups excluding carboxylic acids is 2. The Morgan fingerprint density at radius 2 is 1.59 bits per heavy atom. The van der Waals surface area contributed by atoms with E-state index in [-0.39, 0.29) is 34.8 Å². The van der Waals surface area contributed by atoms with Crippen LogP contribution in [0.15, 0.2) is 41.3 Å². The van der Waals surface area contributed by atoms with Crippen LogP contribution in [0.3, 0.4) is 0 Å². The summed E-state index contributed by atoms with van der Waals surface area (Å²) in [7, 11) is -2.23. The average Bonchev–Trinajstić information content (AvgIpc) is 3.36. The summed E-state index contributed by atoms with van der Waals surface area (Å²) in [6, 6.07) is 8.80. The summed E-state index contributed by atoms with van der Waals surface area (Å²) < 4.78 is 21.3. The fourth-order valence-electron chi connectivity index (χ4n) is 5.18. The molecule has 3 heterocycles. The van der Waals surface area contributed by atoms with Gasteiger partial charge in [0.15, 0.2) is 14.5 Å². The number of fused-ring (bicyclic) bond motifs is 1. The number of nitrogens with zero attached hydrogens (tertiary/aromatic N) is 3. The fraction of sp³-hybridized carbons (Fsp3) is 0.613. The van der Waals surface area contributed by atoms with Gasteiger partial charge in [-0.05, 0) is 62.5 Å². The minimum atomic E-state index is -2.23. The second-order valence-corrected chi connectivity index (χ2v) is 17.4. The van der Waals surface area contributed by atoms with Gasteiger partial charge in [0, 0.05) is 25.0 Å². The number of hydrogen-bond donors (Lipinski definition) is 0. The summed E-state index contributed by atoms with van der Waals surface area (Å²) in [4.78, 5) is 43.5. The van der Waals surface area contributed by atoms with E-state index in [1.165, 1.54) is 9.47 Å². The van der Waals surface area contributed by atoms with Crippen LogP contribution in [0.4, 0.5) is 0 Å². The number of unbranched alkanes of at least 4 members (excludes halogenated alkanes) is 3. The molecule has 4 atom stereocenters. The number of ether oxygens (including phenoxy) is 2. The third kappa shape index (κ3) is 6.71. The molecule has 0 bridgehead atoms. The van der Waals surface area contributed by atoms with Crippen molar-refractivity contribution in [1.82, 2.24) is 14.5 Å². The lowest BCUT2D eigenvalue weighted by Gasteiger charge is -2.40. The van der Waals surface area contributed by atoms with Gasteiger partial charge in [-0.2, -0.15) is 4.98 Å². The normalized spacial score (nSPS) is 23.0. The van der Waals surface area contributed by atoms with Crippen LogP contribution in [0.1, 0.15) is 92.4 Å². The van der Waals surface area contributed by atoms with Gasteiger partial charge >= 0.3 is 5.69 Å². The molecule has 9 nitrogen and oxygen atoms in total. The smallest absolute Gasteiger partial charge is 0.349 e. The predicted molar refractivity (Wildman–Crippen MR) is 160 cm³/mol. The maximum Gasteiger partial charge on any atom is 0.349 e. The summed E-state index contributed by atoms with van der Waals surface area (Å²) in [5.74, 6) is -0.406. The molecule has 41 heavy (non-hydrogen) atoms. The molecule has 2 aromatic rings. The highest BCUT2D eigenvalue weighted by molar-refractivity contribution is 6.74. The third-order valence-electron chi connectivity index (χ3n) is 8.63. The van der Waals surface area contributed by atoms with Gasteiger partial charge in [-0.1, -0.05) is 52.7 Å². The molecule has 0 aliphatic carbocycles. The second-order valence-electron chi connectivity index (χ2n) is 12.6. The number of benzene rings is 1. The SMILES string of the molecule is CC[C@H]1O[C@@H](n2ccc(C)nc2=O)[C@@H](O[Si](C)(C)C(C)(C)C)C1OCCCCCCN1C(=O)c2ccccc2C1=O. The molecule has 224 valence electrons. The van der Waals surface area contributed by atoms with E-state index in [0.717, 1.165) is 32.1 Å². The van der Waals surface area contributed by atoms with Gasteiger partial charge < -0.3 is 13.9 Å². The van der Waals surface area contributed by atoms with Crippen LogP contribution in [-0.2, 0) is 13.9 Å². The summed E-state index contributed by atoms with van der Waals surface area (Å²) in [5.41, 5.74) is 1.29. The first kappa shape index (κ1) is 31.3. The minimum absolute atomic E-state index is 0.0254. The van der Waals surface area contributed by atoms with Crippen molar-refractivity contribution in [2.75, 3.05) is 13.2 Å². The number of aromatic nitrogens is 2. The third-order valence-corrected chi connectivity index (χ3v) is 13.1. The molecule has 0 spiro atoms. The maximum atomic E-state index is 12.8. The van der Waals surface area contributed by atoms with E-state index in [1.807, 2.05) is 6.07 Å². The van der Waals surface area contributed by atoms with Gasteiger partial charge in [0.25, 0.3) is 11.8 Å². The van der Waals surface area contributed by atoms with Crippen molar-refractivity contribution < 1.29 is 23.5 Å². The van der Waals surface area contributed by atoms with E-state index < -0.39 is 20.6 Å². The summed E-state index contributed by atoms with van der Waals surface area (Å²) in [5, 5.41) is -0.0254. The minimum Gasteiger partial charge on any atom is -0.407 e. The van der Waals surface area contributed by atoms with E-state index in [9.17, 15) is 14.4 Å². The van der Waals surface area contributed by atoms with Crippen molar-refractivity contribution in [3.05, 3.63) is 63.8 Å². The van der Waals surface area contributed by atoms with Crippen molar-refractivity contribution in [2.45, 2.75) is 109 Å². The zero-order valence-electron chi connectivity index (χ0n) is 25.5. The van der Waals surface area contributed by atoms with Crippen LogP contribution < -0.4 is 5.69 Å². The van der Waals surface area contributed by atoms with Gasteiger partial charge in [0.05, 0.1) is 17.2 Å². The van der Waals surface area contributed by atoms with E-state index in [2.05, 4.69) is 45.8 Å². The Morgan fingerprint density at radius 1 is 0.951 bits per heavy atom. The van der Waals surface area contributed by atoms with Gasteiger partial charge in [-0.3, -0.25) is 19.1 Å². The van der Waals surface area contributed by atoms with Crippen LogP contribution in [0, 0.1) is 6.92 Å². The quantitative estimate of drug-likeness (QED) is 0.185. The van der Waals surface area contributed by atoms with Gasteiger partial charge in [0.2, 0.25) is 0 Å². The molecule has 2 amide bonds. The molecule has 1 fully saturated rings. The first-order valence-corrected chi connectivity index (χ1v) is 17.7. The molecule has 0 saturated carbocycles. The highest BCUT2D eigenvalue weighted by Crippen LogP contribution is 2.42. The largest absolute Gasteiger partial charge is 0.407 e. The molecule has 1 aromatic carbocycles. The number of aryl methyl sites for hydroxylation is 1. The first-order valence-electron chi connectivity index (χ1n) is 14.8. The zero-order chi connectivity index (χ0) is 29.9. The lowest BCUT2D eigenvalue weighted by molar-refractivity contribution is -0.0411. The molecule has 1 unspecified atom stereocenters. The Morgan fingerprint density at radius 3 is 2.17 bits per heavy atom. The van der Waals surface area contributed by atoms with Gasteiger partial charge in [0.1, 0.15) is 12.2 Å². The van der Waals surface area contributed by atoms with Crippen LogP contribution in [-0.4, -0.2) is 66.0 Å². The van der Waals surface area contributed by atoms with E-state index >= 15 is 0 Å². The van der Waals surface area contributed by atoms with Crippen molar-refractivity contribution >= 4 is 20.1 Å². The highest BCUT2D eigenvalue weighted by Gasteiger charge is 2.51. The maximum absolute atomic E-state index is 12.8. The molecule has 10 heteroatoms. The highest BCUT2D eigenvalue weighted by atomic mass is 28.4. The number of amides is 2. The van der Waals surface area contributed by atoms with E-state index in [4.69, 9.17) is 13.9 Å². The van der Waals surface area contributed by atoms with Crippen molar-refractivity contribution in [3.63, 3.8) is 0 Å². The lowest BCUT2D eigenvalue weighted by Crippen LogP contribution is -2.50. The number of imide groups is 1.